The molecule has 1 saturated carbocycles. The fourth-order valence-electron chi connectivity index (χ4n) is 3.91. The average Bonchev–Trinajstić information content (AvgIpc) is 3.24. The van der Waals surface area contributed by atoms with Crippen LogP contribution in [-0.2, 0) is 17.1 Å². The van der Waals surface area contributed by atoms with Gasteiger partial charge in [0.1, 0.15) is 4.70 Å². The number of benzene rings is 1. The second-order valence-corrected chi connectivity index (χ2v) is 9.57. The van der Waals surface area contributed by atoms with Crippen molar-refractivity contribution >= 4 is 45.0 Å². The van der Waals surface area contributed by atoms with Crippen molar-refractivity contribution in [3.63, 3.8) is 0 Å². The van der Waals surface area contributed by atoms with E-state index >= 15 is 0 Å². The van der Waals surface area contributed by atoms with E-state index in [9.17, 15) is 24.8 Å². The van der Waals surface area contributed by atoms with Crippen molar-refractivity contribution in [2.24, 2.45) is 11.8 Å². The number of thiophene rings is 1. The van der Waals surface area contributed by atoms with E-state index in [1.54, 1.807) is 16.7 Å². The first-order valence-corrected chi connectivity index (χ1v) is 11.9. The van der Waals surface area contributed by atoms with Crippen LogP contribution in [0.1, 0.15) is 31.2 Å². The summed E-state index contributed by atoms with van der Waals surface area (Å²) in [5, 5.41) is 22.5. The number of carboxylic acid groups (broad SMARTS) is 1. The molecule has 31 heavy (non-hydrogen) atoms. The van der Waals surface area contributed by atoms with Gasteiger partial charge in [-0.1, -0.05) is 23.9 Å². The summed E-state index contributed by atoms with van der Waals surface area (Å²) >= 11 is 2.81. The van der Waals surface area contributed by atoms with Gasteiger partial charge in [-0.05, 0) is 48.6 Å². The summed E-state index contributed by atoms with van der Waals surface area (Å²) in [7, 11) is 0. The van der Waals surface area contributed by atoms with Gasteiger partial charge in [0.15, 0.2) is 5.16 Å². The molecule has 1 aliphatic carbocycles. The lowest BCUT2D eigenvalue weighted by atomic mass is 9.82. The molecule has 10 heteroatoms. The lowest BCUT2D eigenvalue weighted by Crippen LogP contribution is -2.29. The molecule has 162 valence electrons. The van der Waals surface area contributed by atoms with Gasteiger partial charge in [-0.2, -0.15) is 0 Å². The molecular weight excluding hydrogens is 438 g/mol. The molecule has 1 aliphatic rings. The lowest BCUT2D eigenvalue weighted by Gasteiger charge is -2.27. The summed E-state index contributed by atoms with van der Waals surface area (Å²) in [4.78, 5) is 39.5. The molecule has 0 bridgehead atoms. The Kier molecular flexibility index (Phi) is 6.38. The predicted octanol–water partition coefficient (Wildman–Crippen LogP) is 4.55. The summed E-state index contributed by atoms with van der Waals surface area (Å²) in [5.41, 5.74) is 1.56. The quantitative estimate of drug-likeness (QED) is 0.238. The largest absolute Gasteiger partial charge is 0.481 e. The van der Waals surface area contributed by atoms with Crippen LogP contribution < -0.4 is 5.56 Å². The fourth-order valence-corrected chi connectivity index (χ4v) is 5.65. The van der Waals surface area contributed by atoms with E-state index in [2.05, 4.69) is 0 Å². The second-order valence-electron chi connectivity index (χ2n) is 7.71. The molecule has 1 N–H and O–H groups in total. The third-order valence-electron chi connectivity index (χ3n) is 5.68. The van der Waals surface area contributed by atoms with Gasteiger partial charge in [-0.25, -0.2) is 4.98 Å². The van der Waals surface area contributed by atoms with Gasteiger partial charge in [0.2, 0.25) is 0 Å². The molecule has 1 fully saturated rings. The highest BCUT2D eigenvalue weighted by Gasteiger charge is 2.27. The van der Waals surface area contributed by atoms with Crippen molar-refractivity contribution in [2.75, 3.05) is 0 Å². The van der Waals surface area contributed by atoms with Gasteiger partial charge in [-0.3, -0.25) is 24.3 Å². The average molecular weight is 460 g/mol. The number of carbonyl (C=O) groups is 1. The highest BCUT2D eigenvalue weighted by atomic mass is 32.2. The van der Waals surface area contributed by atoms with Crippen LogP contribution in [0.4, 0.5) is 5.69 Å². The Morgan fingerprint density at radius 3 is 2.58 bits per heavy atom. The normalized spacial score (nSPS) is 18.8. The standard InChI is InChI=1S/C21H21N3O5S2/c25-19-18-17(9-10-30-18)22-21(31-12-14-3-7-16(8-4-14)24(28)29)23(19)11-13-1-5-15(6-2-13)20(26)27/h3-4,7-10,13,15H,1-2,5-6,11-12H2,(H,26,27). The van der Waals surface area contributed by atoms with Crippen LogP contribution in [0.2, 0.25) is 0 Å². The fraction of sp³-hybridized carbons (Fsp3) is 0.381. The Hall–Kier alpha value is -2.72. The minimum Gasteiger partial charge on any atom is -0.481 e. The first-order valence-electron chi connectivity index (χ1n) is 9.99. The number of aromatic nitrogens is 2. The molecule has 0 atom stereocenters. The first-order chi connectivity index (χ1) is 14.9. The van der Waals surface area contributed by atoms with E-state index in [4.69, 9.17) is 4.98 Å². The van der Waals surface area contributed by atoms with E-state index in [-0.39, 0.29) is 23.1 Å². The van der Waals surface area contributed by atoms with Crippen molar-refractivity contribution in [1.29, 1.82) is 0 Å². The summed E-state index contributed by atoms with van der Waals surface area (Å²) in [6, 6.07) is 8.20. The summed E-state index contributed by atoms with van der Waals surface area (Å²) < 4.78 is 2.35. The Labute approximate surface area is 186 Å². The number of hydrogen-bond acceptors (Lipinski definition) is 7. The number of thioether (sulfide) groups is 1. The van der Waals surface area contributed by atoms with Crippen LogP contribution in [0, 0.1) is 22.0 Å². The number of hydrogen-bond donors (Lipinski definition) is 1. The number of aliphatic carboxylic acids is 1. The molecule has 0 unspecified atom stereocenters. The molecule has 0 aliphatic heterocycles. The van der Waals surface area contributed by atoms with Crippen LogP contribution >= 0.6 is 23.1 Å². The highest BCUT2D eigenvalue weighted by Crippen LogP contribution is 2.32. The van der Waals surface area contributed by atoms with Gasteiger partial charge in [0.25, 0.3) is 11.2 Å². The van der Waals surface area contributed by atoms with Crippen LogP contribution in [0.3, 0.4) is 0 Å². The Morgan fingerprint density at radius 2 is 1.94 bits per heavy atom. The van der Waals surface area contributed by atoms with Crippen molar-refractivity contribution in [3.8, 4) is 0 Å². The first kappa shape index (κ1) is 21.5. The Morgan fingerprint density at radius 1 is 1.23 bits per heavy atom. The predicted molar refractivity (Wildman–Crippen MR) is 120 cm³/mol. The van der Waals surface area contributed by atoms with Crippen LogP contribution in [0.25, 0.3) is 10.2 Å². The van der Waals surface area contributed by atoms with Crippen LogP contribution in [0.5, 0.6) is 0 Å². The van der Waals surface area contributed by atoms with E-state index < -0.39 is 10.9 Å². The number of non-ortho nitro benzene ring substituents is 1. The topological polar surface area (TPSA) is 115 Å². The van der Waals surface area contributed by atoms with Crippen molar-refractivity contribution in [3.05, 3.63) is 61.7 Å². The smallest absolute Gasteiger partial charge is 0.306 e. The van der Waals surface area contributed by atoms with Gasteiger partial charge in [0.05, 0.1) is 16.4 Å². The molecule has 3 aromatic rings. The molecular formula is C21H21N3O5S2. The minimum atomic E-state index is -0.739. The maximum absolute atomic E-state index is 13.1. The summed E-state index contributed by atoms with van der Waals surface area (Å²) in [6.45, 7) is 0.522. The number of rotatable bonds is 7. The van der Waals surface area contributed by atoms with Gasteiger partial charge >= 0.3 is 5.97 Å². The van der Waals surface area contributed by atoms with Crippen LogP contribution in [0.15, 0.2) is 45.7 Å². The zero-order valence-corrected chi connectivity index (χ0v) is 18.2. The Balaban J connectivity index is 1.55. The van der Waals surface area contributed by atoms with E-state index in [1.807, 2.05) is 11.4 Å². The SMILES string of the molecule is O=C(O)C1CCC(Cn2c(SCc3ccc([N+](=O)[O-])cc3)nc3ccsc3c2=O)CC1. The number of carboxylic acids is 1. The van der Waals surface area contributed by atoms with Crippen molar-refractivity contribution in [2.45, 2.75) is 43.1 Å². The number of nitro groups is 1. The second kappa shape index (κ2) is 9.19. The molecule has 8 nitrogen and oxygen atoms in total. The zero-order chi connectivity index (χ0) is 22.0. The molecule has 0 saturated heterocycles. The monoisotopic (exact) mass is 459 g/mol. The van der Waals surface area contributed by atoms with E-state index in [0.29, 0.717) is 40.5 Å². The van der Waals surface area contributed by atoms with E-state index in [0.717, 1.165) is 18.4 Å². The number of nitro benzene ring substituents is 1. The van der Waals surface area contributed by atoms with Crippen molar-refractivity contribution < 1.29 is 14.8 Å². The lowest BCUT2D eigenvalue weighted by molar-refractivity contribution is -0.384. The summed E-state index contributed by atoms with van der Waals surface area (Å²) in [5.74, 6) is -0.254. The van der Waals surface area contributed by atoms with Crippen molar-refractivity contribution in [1.82, 2.24) is 9.55 Å². The molecule has 2 aromatic heterocycles. The Bertz CT molecular complexity index is 1160. The molecule has 0 radical (unpaired) electrons. The summed E-state index contributed by atoms with van der Waals surface area (Å²) in [6.07, 6.45) is 2.82. The minimum absolute atomic E-state index is 0.0421. The molecule has 0 spiro atoms. The van der Waals surface area contributed by atoms with Gasteiger partial charge in [-0.15, -0.1) is 11.3 Å². The van der Waals surface area contributed by atoms with Gasteiger partial charge < -0.3 is 5.11 Å². The molecule has 4 rings (SSSR count). The molecule has 2 heterocycles. The third kappa shape index (κ3) is 4.80. The third-order valence-corrected chi connectivity index (χ3v) is 7.62. The van der Waals surface area contributed by atoms with Gasteiger partial charge in [0, 0.05) is 24.4 Å². The van der Waals surface area contributed by atoms with E-state index in [1.165, 1.54) is 35.2 Å². The maximum atomic E-state index is 13.1. The highest BCUT2D eigenvalue weighted by molar-refractivity contribution is 7.98. The maximum Gasteiger partial charge on any atom is 0.306 e. The number of nitrogens with zero attached hydrogens (tertiary/aromatic N) is 3. The molecule has 0 amide bonds. The number of fused-ring (bicyclic) bond motifs is 1. The van der Waals surface area contributed by atoms with Crippen LogP contribution in [-0.4, -0.2) is 25.6 Å². The zero-order valence-electron chi connectivity index (χ0n) is 16.6. The molecule has 1 aromatic carbocycles.